The minimum Gasteiger partial charge on any atom is -0.382 e. The summed E-state index contributed by atoms with van der Waals surface area (Å²) in [6.45, 7) is 0. The average Bonchev–Trinajstić information content (AvgIpc) is 2.84. The van der Waals surface area contributed by atoms with E-state index in [0.717, 1.165) is 16.9 Å². The highest BCUT2D eigenvalue weighted by Crippen LogP contribution is 2.36. The molecule has 4 nitrogen and oxygen atoms in total. The van der Waals surface area contributed by atoms with Crippen LogP contribution >= 0.6 is 11.6 Å². The Balaban J connectivity index is 1.84. The molecule has 3 aromatic rings. The summed E-state index contributed by atoms with van der Waals surface area (Å²) in [6.07, 6.45) is 7.21. The van der Waals surface area contributed by atoms with Crippen molar-refractivity contribution in [2.45, 2.75) is 25.2 Å². The van der Waals surface area contributed by atoms with Crippen LogP contribution in [0.3, 0.4) is 0 Å². The molecule has 0 aliphatic heterocycles. The molecule has 0 spiro atoms. The molecule has 2 N–H and O–H groups in total. The van der Waals surface area contributed by atoms with Gasteiger partial charge in [-0.3, -0.25) is 4.40 Å². The average molecular weight is 323 g/mol. The first kappa shape index (κ1) is 14.1. The van der Waals surface area contributed by atoms with Crippen molar-refractivity contribution in [1.82, 2.24) is 14.4 Å². The van der Waals surface area contributed by atoms with Crippen LogP contribution in [-0.2, 0) is 0 Å². The smallest absolute Gasteiger partial charge is 0.150 e. The minimum absolute atomic E-state index is 0.459. The SMILES string of the molecule is Nc1nccn2c(C3CCC3)nc(C#Cc3cccc(Cl)c3)c12. The number of anilines is 1. The second-order valence-electron chi connectivity index (χ2n) is 5.74. The van der Waals surface area contributed by atoms with E-state index in [1.165, 1.54) is 19.3 Å². The molecule has 1 aromatic carbocycles. The quantitative estimate of drug-likeness (QED) is 0.696. The number of hydrogen-bond donors (Lipinski definition) is 1. The fourth-order valence-electron chi connectivity index (χ4n) is 2.83. The fourth-order valence-corrected chi connectivity index (χ4v) is 3.02. The molecule has 0 radical (unpaired) electrons. The van der Waals surface area contributed by atoms with E-state index in [1.807, 2.05) is 34.9 Å². The molecule has 0 unspecified atom stereocenters. The van der Waals surface area contributed by atoms with Gasteiger partial charge in [-0.1, -0.05) is 30.0 Å². The standard InChI is InChI=1S/C18H15ClN4/c19-14-6-1-3-12(11-14)7-8-15-16-17(20)21-9-10-23(16)18(22-15)13-4-2-5-13/h1,3,6,9-11,13H,2,4-5H2,(H2,20,21). The first-order valence-corrected chi connectivity index (χ1v) is 8.00. The summed E-state index contributed by atoms with van der Waals surface area (Å²) in [5.41, 5.74) is 8.39. The number of rotatable bonds is 1. The third kappa shape index (κ3) is 2.54. The number of halogens is 1. The number of nitrogens with two attached hydrogens (primary N) is 1. The molecule has 1 aliphatic rings. The van der Waals surface area contributed by atoms with Gasteiger partial charge in [0, 0.05) is 28.9 Å². The number of fused-ring (bicyclic) bond motifs is 1. The minimum atomic E-state index is 0.459. The second-order valence-corrected chi connectivity index (χ2v) is 6.17. The van der Waals surface area contributed by atoms with Gasteiger partial charge in [0.2, 0.25) is 0 Å². The van der Waals surface area contributed by atoms with Gasteiger partial charge in [0.1, 0.15) is 17.0 Å². The summed E-state index contributed by atoms with van der Waals surface area (Å²) in [7, 11) is 0. The molecule has 1 fully saturated rings. The lowest BCUT2D eigenvalue weighted by Crippen LogP contribution is -2.12. The van der Waals surface area contributed by atoms with Crippen molar-refractivity contribution in [3.05, 3.63) is 58.8 Å². The number of nitrogens with zero attached hydrogens (tertiary/aromatic N) is 3. The van der Waals surface area contributed by atoms with Gasteiger partial charge in [0.15, 0.2) is 5.82 Å². The molecule has 0 saturated heterocycles. The molecule has 0 amide bonds. The molecule has 114 valence electrons. The molecule has 0 atom stereocenters. The highest BCUT2D eigenvalue weighted by atomic mass is 35.5. The van der Waals surface area contributed by atoms with Crippen LogP contribution in [0.1, 0.15) is 42.3 Å². The lowest BCUT2D eigenvalue weighted by molar-refractivity contribution is 0.400. The summed E-state index contributed by atoms with van der Waals surface area (Å²) < 4.78 is 2.04. The first-order chi connectivity index (χ1) is 11.2. The number of aromatic nitrogens is 3. The van der Waals surface area contributed by atoms with E-state index in [4.69, 9.17) is 22.3 Å². The van der Waals surface area contributed by atoms with Crippen molar-refractivity contribution in [2.24, 2.45) is 0 Å². The monoisotopic (exact) mass is 322 g/mol. The normalized spacial score (nSPS) is 14.3. The van der Waals surface area contributed by atoms with Crippen molar-refractivity contribution < 1.29 is 0 Å². The maximum absolute atomic E-state index is 6.06. The van der Waals surface area contributed by atoms with Crippen LogP contribution in [0.5, 0.6) is 0 Å². The van der Waals surface area contributed by atoms with Crippen molar-refractivity contribution in [3.8, 4) is 11.8 Å². The van der Waals surface area contributed by atoms with Gasteiger partial charge in [0.05, 0.1) is 0 Å². The van der Waals surface area contributed by atoms with Gasteiger partial charge < -0.3 is 5.73 Å². The van der Waals surface area contributed by atoms with Crippen LogP contribution < -0.4 is 5.73 Å². The molecule has 23 heavy (non-hydrogen) atoms. The van der Waals surface area contributed by atoms with Crippen molar-refractivity contribution in [3.63, 3.8) is 0 Å². The van der Waals surface area contributed by atoms with Gasteiger partial charge >= 0.3 is 0 Å². The van der Waals surface area contributed by atoms with Crippen molar-refractivity contribution >= 4 is 22.9 Å². The lowest BCUT2D eigenvalue weighted by atomic mass is 9.85. The third-order valence-electron chi connectivity index (χ3n) is 4.23. The largest absolute Gasteiger partial charge is 0.382 e. The van der Waals surface area contributed by atoms with Gasteiger partial charge in [-0.25, -0.2) is 9.97 Å². The van der Waals surface area contributed by atoms with Crippen molar-refractivity contribution in [2.75, 3.05) is 5.73 Å². The van der Waals surface area contributed by atoms with Gasteiger partial charge in [0.25, 0.3) is 0 Å². The second kappa shape index (κ2) is 5.60. The highest BCUT2D eigenvalue weighted by molar-refractivity contribution is 6.30. The van der Waals surface area contributed by atoms with E-state index in [2.05, 4.69) is 16.8 Å². The van der Waals surface area contributed by atoms with Crippen LogP contribution in [-0.4, -0.2) is 14.4 Å². The maximum Gasteiger partial charge on any atom is 0.150 e. The van der Waals surface area contributed by atoms with Gasteiger partial charge in [-0.05, 0) is 37.0 Å². The Bertz CT molecular complexity index is 945. The highest BCUT2D eigenvalue weighted by Gasteiger charge is 2.25. The molecular formula is C18H15ClN4. The van der Waals surface area contributed by atoms with E-state index in [0.29, 0.717) is 22.5 Å². The van der Waals surface area contributed by atoms with Gasteiger partial charge in [-0.15, -0.1) is 0 Å². The topological polar surface area (TPSA) is 56.2 Å². The molecule has 1 saturated carbocycles. The summed E-state index contributed by atoms with van der Waals surface area (Å²) in [6, 6.07) is 7.47. The summed E-state index contributed by atoms with van der Waals surface area (Å²) in [5.74, 6) is 8.24. The number of hydrogen-bond acceptors (Lipinski definition) is 3. The zero-order valence-corrected chi connectivity index (χ0v) is 13.2. The van der Waals surface area contributed by atoms with Crippen molar-refractivity contribution in [1.29, 1.82) is 0 Å². The predicted molar refractivity (Wildman–Crippen MR) is 91.4 cm³/mol. The number of nitrogen functional groups attached to an aromatic ring is 1. The maximum atomic E-state index is 6.06. The van der Waals surface area contributed by atoms with E-state index in [9.17, 15) is 0 Å². The van der Waals surface area contributed by atoms with Crippen LogP contribution in [0.25, 0.3) is 5.52 Å². The van der Waals surface area contributed by atoms with Gasteiger partial charge in [-0.2, -0.15) is 0 Å². The Morgan fingerprint density at radius 3 is 2.87 bits per heavy atom. The molecule has 4 rings (SSSR count). The van der Waals surface area contributed by atoms with E-state index in [1.54, 1.807) is 6.20 Å². The molecule has 5 heteroatoms. The lowest BCUT2D eigenvalue weighted by Gasteiger charge is -2.23. The van der Waals surface area contributed by atoms with Crippen LogP contribution in [0.15, 0.2) is 36.7 Å². The first-order valence-electron chi connectivity index (χ1n) is 7.62. The van der Waals surface area contributed by atoms with Crippen LogP contribution in [0.4, 0.5) is 5.82 Å². The molecular weight excluding hydrogens is 308 g/mol. The molecule has 2 heterocycles. The number of imidazole rings is 1. The Morgan fingerprint density at radius 2 is 2.13 bits per heavy atom. The molecule has 1 aliphatic carbocycles. The summed E-state index contributed by atoms with van der Waals surface area (Å²) >= 11 is 6.00. The Kier molecular flexibility index (Phi) is 3.44. The zero-order valence-electron chi connectivity index (χ0n) is 12.5. The number of benzene rings is 1. The van der Waals surface area contributed by atoms with E-state index >= 15 is 0 Å². The summed E-state index contributed by atoms with van der Waals surface area (Å²) in [4.78, 5) is 8.93. The van der Waals surface area contributed by atoms with Crippen LogP contribution in [0, 0.1) is 11.8 Å². The predicted octanol–water partition coefficient (Wildman–Crippen LogP) is 3.63. The third-order valence-corrected chi connectivity index (χ3v) is 4.47. The van der Waals surface area contributed by atoms with Crippen LogP contribution in [0.2, 0.25) is 5.02 Å². The Labute approximate surface area is 139 Å². The van der Waals surface area contributed by atoms with E-state index in [-0.39, 0.29) is 0 Å². The summed E-state index contributed by atoms with van der Waals surface area (Å²) in [5, 5.41) is 0.669. The molecule has 2 aromatic heterocycles. The Hall–Kier alpha value is -2.51. The van der Waals surface area contributed by atoms with E-state index < -0.39 is 0 Å². The zero-order chi connectivity index (χ0) is 15.8. The fraction of sp³-hybridized carbons (Fsp3) is 0.222. The molecule has 0 bridgehead atoms. The Morgan fingerprint density at radius 1 is 1.26 bits per heavy atom.